The Bertz CT molecular complexity index is 713. The number of hydrogen-bond donors (Lipinski definition) is 1. The molecule has 0 unspecified atom stereocenters. The Balaban J connectivity index is 2.21. The second-order valence-corrected chi connectivity index (χ2v) is 5.40. The van der Waals surface area contributed by atoms with E-state index in [1.54, 1.807) is 18.2 Å². The Morgan fingerprint density at radius 1 is 1.24 bits per heavy atom. The maximum absolute atomic E-state index is 13.6. The van der Waals surface area contributed by atoms with Gasteiger partial charge in [0.2, 0.25) is 5.82 Å². The first kappa shape index (κ1) is 15.7. The van der Waals surface area contributed by atoms with Gasteiger partial charge in [0.05, 0.1) is 9.95 Å². The number of halogens is 4. The summed E-state index contributed by atoms with van der Waals surface area (Å²) in [5, 5.41) is 14.0. The van der Waals surface area contributed by atoms with Gasteiger partial charge in [0.25, 0.3) is 0 Å². The van der Waals surface area contributed by atoms with Gasteiger partial charge in [-0.3, -0.25) is 10.1 Å². The van der Waals surface area contributed by atoms with Crippen molar-refractivity contribution in [1.29, 1.82) is 0 Å². The predicted molar refractivity (Wildman–Crippen MR) is 79.5 cm³/mol. The minimum absolute atomic E-state index is 0.0119. The van der Waals surface area contributed by atoms with Crippen LogP contribution in [0, 0.1) is 21.7 Å². The van der Waals surface area contributed by atoms with E-state index in [9.17, 15) is 18.9 Å². The van der Waals surface area contributed by atoms with Crippen molar-refractivity contribution in [3.63, 3.8) is 0 Å². The number of nitro groups is 1. The van der Waals surface area contributed by atoms with Gasteiger partial charge in [-0.25, -0.2) is 4.39 Å². The molecule has 0 aliphatic rings. The van der Waals surface area contributed by atoms with Crippen molar-refractivity contribution < 1.29 is 13.7 Å². The number of nitrogens with zero attached hydrogens (tertiary/aromatic N) is 1. The fraction of sp³-hybridized carbons (Fsp3) is 0.0769. The summed E-state index contributed by atoms with van der Waals surface area (Å²) < 4.78 is 27.5. The number of rotatable bonds is 4. The maximum atomic E-state index is 13.6. The number of hydrogen-bond acceptors (Lipinski definition) is 3. The van der Waals surface area contributed by atoms with Crippen LogP contribution in [-0.2, 0) is 6.54 Å². The summed E-state index contributed by atoms with van der Waals surface area (Å²) >= 11 is 9.15. The van der Waals surface area contributed by atoms with Crippen LogP contribution in [0.4, 0.5) is 20.2 Å². The fourth-order valence-electron chi connectivity index (χ4n) is 1.66. The van der Waals surface area contributed by atoms with Crippen molar-refractivity contribution in [2.75, 3.05) is 5.32 Å². The Kier molecular flexibility index (Phi) is 4.74. The van der Waals surface area contributed by atoms with Gasteiger partial charge in [0.15, 0.2) is 0 Å². The average molecular weight is 378 g/mol. The molecule has 0 bridgehead atoms. The Labute approximate surface area is 132 Å². The van der Waals surface area contributed by atoms with Crippen LogP contribution >= 0.6 is 27.5 Å². The summed E-state index contributed by atoms with van der Waals surface area (Å²) in [5.74, 6) is -2.05. The van der Waals surface area contributed by atoms with Crippen LogP contribution < -0.4 is 5.32 Å². The van der Waals surface area contributed by atoms with Gasteiger partial charge in [0.1, 0.15) is 5.82 Å². The summed E-state index contributed by atoms with van der Waals surface area (Å²) in [7, 11) is 0. The molecule has 0 atom stereocenters. The van der Waals surface area contributed by atoms with Gasteiger partial charge in [-0.05, 0) is 34.1 Å². The van der Waals surface area contributed by atoms with E-state index in [2.05, 4.69) is 21.2 Å². The minimum atomic E-state index is -1.20. The van der Waals surface area contributed by atoms with Crippen LogP contribution in [0.2, 0.25) is 5.02 Å². The maximum Gasteiger partial charge on any atom is 0.305 e. The monoisotopic (exact) mass is 376 g/mol. The van der Waals surface area contributed by atoms with E-state index in [0.717, 1.165) is 6.07 Å². The van der Waals surface area contributed by atoms with Gasteiger partial charge < -0.3 is 5.32 Å². The van der Waals surface area contributed by atoms with Gasteiger partial charge in [0, 0.05) is 34.4 Å². The van der Waals surface area contributed by atoms with E-state index < -0.39 is 22.2 Å². The van der Waals surface area contributed by atoms with Crippen LogP contribution in [0.15, 0.2) is 34.8 Å². The average Bonchev–Trinajstić information content (AvgIpc) is 2.41. The molecule has 0 spiro atoms. The summed E-state index contributed by atoms with van der Waals surface area (Å²) in [5.41, 5.74) is -0.168. The van der Waals surface area contributed by atoms with E-state index in [1.165, 1.54) is 0 Å². The van der Waals surface area contributed by atoms with Gasteiger partial charge in [-0.15, -0.1) is 0 Å². The molecule has 0 amide bonds. The van der Waals surface area contributed by atoms with Gasteiger partial charge in [-0.1, -0.05) is 11.6 Å². The zero-order valence-electron chi connectivity index (χ0n) is 10.4. The Morgan fingerprint density at radius 3 is 2.57 bits per heavy atom. The molecule has 0 aromatic heterocycles. The molecule has 0 saturated carbocycles. The third-order valence-corrected chi connectivity index (χ3v) is 3.95. The topological polar surface area (TPSA) is 55.2 Å². The highest BCUT2D eigenvalue weighted by Gasteiger charge is 2.18. The van der Waals surface area contributed by atoms with Crippen molar-refractivity contribution in [2.45, 2.75) is 6.54 Å². The lowest BCUT2D eigenvalue weighted by molar-refractivity contribution is -0.387. The van der Waals surface area contributed by atoms with Crippen molar-refractivity contribution >= 4 is 38.9 Å². The standard InChI is InChI=1S/C13H8BrClF2N2O2/c14-9-2-1-8(4-10(9)15)18-6-7-3-13(19(20)21)12(17)5-11(7)16/h1-5,18H,6H2. The van der Waals surface area contributed by atoms with Crippen LogP contribution in [-0.4, -0.2) is 4.92 Å². The van der Waals surface area contributed by atoms with Crippen molar-refractivity contribution in [3.8, 4) is 0 Å². The molecule has 110 valence electrons. The van der Waals surface area contributed by atoms with Crippen LogP contribution in [0.1, 0.15) is 5.56 Å². The molecule has 2 aromatic carbocycles. The lowest BCUT2D eigenvalue weighted by Crippen LogP contribution is -2.04. The van der Waals surface area contributed by atoms with E-state index in [0.29, 0.717) is 21.2 Å². The van der Waals surface area contributed by atoms with Crippen molar-refractivity contribution in [1.82, 2.24) is 0 Å². The molecule has 0 fully saturated rings. The van der Waals surface area contributed by atoms with Crippen LogP contribution in [0.25, 0.3) is 0 Å². The summed E-state index contributed by atoms with van der Waals surface area (Å²) in [6.07, 6.45) is 0. The van der Waals surface area contributed by atoms with Crippen LogP contribution in [0.5, 0.6) is 0 Å². The molecule has 1 N–H and O–H groups in total. The molecule has 21 heavy (non-hydrogen) atoms. The smallest absolute Gasteiger partial charge is 0.305 e. The van der Waals surface area contributed by atoms with E-state index >= 15 is 0 Å². The summed E-state index contributed by atoms with van der Waals surface area (Å²) in [6, 6.07) is 6.39. The highest BCUT2D eigenvalue weighted by atomic mass is 79.9. The second-order valence-electron chi connectivity index (χ2n) is 4.13. The van der Waals surface area contributed by atoms with E-state index in [-0.39, 0.29) is 12.1 Å². The molecule has 8 heteroatoms. The highest BCUT2D eigenvalue weighted by molar-refractivity contribution is 9.10. The molecule has 4 nitrogen and oxygen atoms in total. The van der Waals surface area contributed by atoms with Gasteiger partial charge in [-0.2, -0.15) is 4.39 Å². The molecule has 0 aliphatic heterocycles. The highest BCUT2D eigenvalue weighted by Crippen LogP contribution is 2.26. The molecule has 0 heterocycles. The quantitative estimate of drug-likeness (QED) is 0.609. The summed E-state index contributed by atoms with van der Waals surface area (Å²) in [6.45, 7) is -0.0368. The lowest BCUT2D eigenvalue weighted by atomic mass is 10.1. The zero-order chi connectivity index (χ0) is 15.6. The fourth-order valence-corrected chi connectivity index (χ4v) is 2.09. The molecule has 0 aliphatic carbocycles. The summed E-state index contributed by atoms with van der Waals surface area (Å²) in [4.78, 5) is 9.75. The molecule has 2 aromatic rings. The van der Waals surface area contributed by atoms with Gasteiger partial charge >= 0.3 is 5.69 Å². The van der Waals surface area contributed by atoms with Crippen molar-refractivity contribution in [2.24, 2.45) is 0 Å². The van der Waals surface area contributed by atoms with E-state index in [1.807, 2.05) is 0 Å². The molecule has 0 saturated heterocycles. The Morgan fingerprint density at radius 2 is 1.95 bits per heavy atom. The number of benzene rings is 2. The first-order valence-corrected chi connectivity index (χ1v) is 6.87. The Hall–Kier alpha value is -1.73. The third kappa shape index (κ3) is 3.68. The van der Waals surface area contributed by atoms with Crippen molar-refractivity contribution in [3.05, 3.63) is 67.1 Å². The molecule has 2 rings (SSSR count). The molecular formula is C13H8BrClF2N2O2. The zero-order valence-corrected chi connectivity index (χ0v) is 12.7. The third-order valence-electron chi connectivity index (χ3n) is 2.72. The van der Waals surface area contributed by atoms with E-state index in [4.69, 9.17) is 11.6 Å². The first-order valence-electron chi connectivity index (χ1n) is 5.69. The largest absolute Gasteiger partial charge is 0.381 e. The number of anilines is 1. The number of nitro benzene ring substituents is 1. The first-order chi connectivity index (χ1) is 9.88. The lowest BCUT2D eigenvalue weighted by Gasteiger charge is -2.09. The minimum Gasteiger partial charge on any atom is -0.381 e. The SMILES string of the molecule is O=[N+]([O-])c1cc(CNc2ccc(Br)c(Cl)c2)c(F)cc1F. The second kappa shape index (κ2) is 6.36. The molecule has 0 radical (unpaired) electrons. The molecular weight excluding hydrogens is 370 g/mol. The normalized spacial score (nSPS) is 10.5. The van der Waals surface area contributed by atoms with Crippen LogP contribution in [0.3, 0.4) is 0 Å². The predicted octanol–water partition coefficient (Wildman–Crippen LogP) is 4.90. The number of nitrogens with one attached hydrogen (secondary N) is 1.